The molecule has 1 heterocycles. The van der Waals surface area contributed by atoms with Crippen LogP contribution >= 0.6 is 0 Å². The Balaban J connectivity index is 1.64. The summed E-state index contributed by atoms with van der Waals surface area (Å²) >= 11 is 0. The fourth-order valence-electron chi connectivity index (χ4n) is 2.56. The number of rotatable bonds is 6. The molecule has 0 unspecified atom stereocenters. The predicted molar refractivity (Wildman–Crippen MR) is 93.2 cm³/mol. The maximum atomic E-state index is 12.3. The van der Waals surface area contributed by atoms with E-state index in [2.05, 4.69) is 5.10 Å². The predicted octanol–water partition coefficient (Wildman–Crippen LogP) is 2.52. The Morgan fingerprint density at radius 1 is 1.20 bits per heavy atom. The molecular formula is C19H18N2O4. The molecule has 0 saturated heterocycles. The van der Waals surface area contributed by atoms with Crippen molar-refractivity contribution in [3.63, 3.8) is 0 Å². The summed E-state index contributed by atoms with van der Waals surface area (Å²) in [6.07, 6.45) is 1.44. The summed E-state index contributed by atoms with van der Waals surface area (Å²) in [5, 5.41) is 5.81. The molecule has 0 atom stereocenters. The normalized spacial score (nSPS) is 13.3. The van der Waals surface area contributed by atoms with Gasteiger partial charge in [0.05, 0.1) is 19.4 Å². The van der Waals surface area contributed by atoms with Crippen LogP contribution in [0.3, 0.4) is 0 Å². The highest BCUT2D eigenvalue weighted by atomic mass is 16.5. The lowest BCUT2D eigenvalue weighted by atomic mass is 10.1. The van der Waals surface area contributed by atoms with Crippen LogP contribution in [-0.2, 0) is 4.79 Å². The largest absolute Gasteiger partial charge is 0.493 e. The molecule has 2 aromatic carbocycles. The van der Waals surface area contributed by atoms with Gasteiger partial charge in [-0.2, -0.15) is 5.10 Å². The summed E-state index contributed by atoms with van der Waals surface area (Å²) in [6.45, 7) is 0.385. The lowest BCUT2D eigenvalue weighted by molar-refractivity contribution is -0.132. The van der Waals surface area contributed by atoms with Crippen LogP contribution in [0.25, 0.3) is 0 Å². The Bertz CT molecular complexity index is 802. The van der Waals surface area contributed by atoms with Gasteiger partial charge in [-0.05, 0) is 23.8 Å². The number of carbonyl (C=O) groups excluding carboxylic acids is 2. The van der Waals surface area contributed by atoms with Gasteiger partial charge >= 0.3 is 0 Å². The van der Waals surface area contributed by atoms with E-state index in [4.69, 9.17) is 9.47 Å². The highest BCUT2D eigenvalue weighted by Gasteiger charge is 2.22. The summed E-state index contributed by atoms with van der Waals surface area (Å²) in [7, 11) is 1.48. The average molecular weight is 338 g/mol. The van der Waals surface area contributed by atoms with Crippen LogP contribution in [0.1, 0.15) is 22.3 Å². The van der Waals surface area contributed by atoms with Gasteiger partial charge < -0.3 is 9.47 Å². The number of nitrogens with zero attached hydrogens (tertiary/aromatic N) is 2. The maximum absolute atomic E-state index is 12.3. The van der Waals surface area contributed by atoms with Gasteiger partial charge in [-0.15, -0.1) is 0 Å². The zero-order valence-electron chi connectivity index (χ0n) is 13.8. The summed E-state index contributed by atoms with van der Waals surface area (Å²) in [4.78, 5) is 23.1. The van der Waals surface area contributed by atoms with Crippen molar-refractivity contribution >= 4 is 17.9 Å². The number of methoxy groups -OCH3 is 1. The standard InChI is InChI=1S/C19H18N2O4/c1-24-18-11-14(12-22)7-8-17(18)25-13-19(23)21-10-9-16(20-21)15-5-3-2-4-6-15/h2-8,11-12H,9-10,13H2,1H3. The highest BCUT2D eigenvalue weighted by molar-refractivity contribution is 6.02. The summed E-state index contributed by atoms with van der Waals surface area (Å²) < 4.78 is 10.7. The Kier molecular flexibility index (Phi) is 5.09. The van der Waals surface area contributed by atoms with Gasteiger partial charge in [0.2, 0.25) is 0 Å². The van der Waals surface area contributed by atoms with Gasteiger partial charge in [-0.25, -0.2) is 5.01 Å². The molecule has 6 nitrogen and oxygen atoms in total. The van der Waals surface area contributed by atoms with Gasteiger partial charge in [0, 0.05) is 12.0 Å². The zero-order chi connectivity index (χ0) is 17.6. The Morgan fingerprint density at radius 3 is 2.72 bits per heavy atom. The molecule has 0 aromatic heterocycles. The highest BCUT2D eigenvalue weighted by Crippen LogP contribution is 2.27. The molecule has 25 heavy (non-hydrogen) atoms. The Hall–Kier alpha value is -3.15. The minimum absolute atomic E-state index is 0.150. The van der Waals surface area contributed by atoms with Crippen molar-refractivity contribution in [2.75, 3.05) is 20.3 Å². The Labute approximate surface area is 145 Å². The molecule has 2 aromatic rings. The minimum Gasteiger partial charge on any atom is -0.493 e. The molecule has 1 aliphatic heterocycles. The van der Waals surface area contributed by atoms with Crippen molar-refractivity contribution in [1.82, 2.24) is 5.01 Å². The molecule has 1 amide bonds. The number of hydrazone groups is 1. The van der Waals surface area contributed by atoms with Crippen LogP contribution in [-0.4, -0.2) is 43.2 Å². The van der Waals surface area contributed by atoms with E-state index in [0.29, 0.717) is 30.0 Å². The monoisotopic (exact) mass is 338 g/mol. The third kappa shape index (κ3) is 3.85. The number of amides is 1. The van der Waals surface area contributed by atoms with Crippen molar-refractivity contribution in [2.45, 2.75) is 6.42 Å². The third-order valence-corrected chi connectivity index (χ3v) is 3.87. The van der Waals surface area contributed by atoms with Crippen molar-refractivity contribution in [3.05, 3.63) is 59.7 Å². The molecule has 1 aliphatic rings. The molecule has 128 valence electrons. The van der Waals surface area contributed by atoms with E-state index in [-0.39, 0.29) is 12.5 Å². The van der Waals surface area contributed by atoms with Crippen LogP contribution in [0.2, 0.25) is 0 Å². The summed E-state index contributed by atoms with van der Waals surface area (Å²) in [5.41, 5.74) is 2.39. The van der Waals surface area contributed by atoms with Crippen LogP contribution in [0, 0.1) is 0 Å². The van der Waals surface area contributed by atoms with Crippen LogP contribution in [0.15, 0.2) is 53.6 Å². The van der Waals surface area contributed by atoms with Crippen molar-refractivity contribution in [2.24, 2.45) is 5.10 Å². The van der Waals surface area contributed by atoms with Gasteiger partial charge in [-0.3, -0.25) is 9.59 Å². The molecule has 0 bridgehead atoms. The maximum Gasteiger partial charge on any atom is 0.280 e. The van der Waals surface area contributed by atoms with Gasteiger partial charge in [0.1, 0.15) is 6.29 Å². The van der Waals surface area contributed by atoms with E-state index in [1.165, 1.54) is 12.1 Å². The molecule has 0 saturated carbocycles. The number of aldehydes is 1. The first-order valence-corrected chi connectivity index (χ1v) is 7.90. The van der Waals surface area contributed by atoms with Gasteiger partial charge in [-0.1, -0.05) is 30.3 Å². The molecule has 0 radical (unpaired) electrons. The van der Waals surface area contributed by atoms with Crippen molar-refractivity contribution < 1.29 is 19.1 Å². The van der Waals surface area contributed by atoms with Gasteiger partial charge in [0.15, 0.2) is 18.1 Å². The van der Waals surface area contributed by atoms with Crippen LogP contribution in [0.4, 0.5) is 0 Å². The van der Waals surface area contributed by atoms with Crippen molar-refractivity contribution in [3.8, 4) is 11.5 Å². The number of hydrogen-bond acceptors (Lipinski definition) is 5. The molecule has 0 fully saturated rings. The molecule has 0 N–H and O–H groups in total. The van der Waals surface area contributed by atoms with Gasteiger partial charge in [0.25, 0.3) is 5.91 Å². The van der Waals surface area contributed by atoms with Crippen LogP contribution < -0.4 is 9.47 Å². The quantitative estimate of drug-likeness (QED) is 0.759. The smallest absolute Gasteiger partial charge is 0.280 e. The zero-order valence-corrected chi connectivity index (χ0v) is 13.8. The third-order valence-electron chi connectivity index (χ3n) is 3.87. The first-order valence-electron chi connectivity index (χ1n) is 7.90. The first-order chi connectivity index (χ1) is 12.2. The summed E-state index contributed by atoms with van der Waals surface area (Å²) in [5.74, 6) is 0.590. The molecular weight excluding hydrogens is 320 g/mol. The second kappa shape index (κ2) is 7.61. The van der Waals surface area contributed by atoms with E-state index >= 15 is 0 Å². The summed E-state index contributed by atoms with van der Waals surface area (Å²) in [6, 6.07) is 14.6. The molecule has 0 aliphatic carbocycles. The van der Waals surface area contributed by atoms with E-state index in [0.717, 1.165) is 17.6 Å². The van der Waals surface area contributed by atoms with E-state index in [1.54, 1.807) is 18.2 Å². The number of carbonyl (C=O) groups is 2. The lowest BCUT2D eigenvalue weighted by Gasteiger charge is -2.14. The second-order valence-corrected chi connectivity index (χ2v) is 5.50. The number of benzene rings is 2. The minimum atomic E-state index is -0.229. The second-order valence-electron chi connectivity index (χ2n) is 5.50. The van der Waals surface area contributed by atoms with E-state index in [1.807, 2.05) is 30.3 Å². The van der Waals surface area contributed by atoms with Crippen LogP contribution in [0.5, 0.6) is 11.5 Å². The molecule has 0 spiro atoms. The van der Waals surface area contributed by atoms with E-state index < -0.39 is 0 Å². The number of ether oxygens (including phenoxy) is 2. The lowest BCUT2D eigenvalue weighted by Crippen LogP contribution is -2.28. The SMILES string of the molecule is COc1cc(C=O)ccc1OCC(=O)N1CCC(c2ccccc2)=N1. The van der Waals surface area contributed by atoms with E-state index in [9.17, 15) is 9.59 Å². The van der Waals surface area contributed by atoms with Crippen molar-refractivity contribution in [1.29, 1.82) is 0 Å². The first kappa shape index (κ1) is 16.7. The topological polar surface area (TPSA) is 68.2 Å². The fraction of sp³-hybridized carbons (Fsp3) is 0.211. The molecule has 3 rings (SSSR count). The number of hydrogen-bond donors (Lipinski definition) is 0. The molecule has 6 heteroatoms. The Morgan fingerprint density at radius 2 is 2.00 bits per heavy atom. The fourth-order valence-corrected chi connectivity index (χ4v) is 2.56. The average Bonchev–Trinajstić information content (AvgIpc) is 3.17.